The van der Waals surface area contributed by atoms with Crippen molar-refractivity contribution in [3.05, 3.63) is 47.4 Å². The number of hydrogen-bond donors (Lipinski definition) is 2. The highest BCUT2D eigenvalue weighted by molar-refractivity contribution is 8.15. The van der Waals surface area contributed by atoms with Crippen LogP contribution in [0.2, 0.25) is 0 Å². The van der Waals surface area contributed by atoms with Crippen LogP contribution < -0.4 is 15.8 Å². The maximum atomic E-state index is 14.9. The Balaban J connectivity index is 1.94. The summed E-state index contributed by atoms with van der Waals surface area (Å²) in [4.78, 5) is 24.7. The van der Waals surface area contributed by atoms with Crippen LogP contribution in [0.1, 0.15) is 36.8 Å². The Morgan fingerprint density at radius 1 is 1.33 bits per heavy atom. The lowest BCUT2D eigenvalue weighted by atomic mass is 9.74. The Bertz CT molecular complexity index is 1140. The molecular formula is C22H22F3N5O2S. The number of terminal acetylenes is 1. The minimum Gasteiger partial charge on any atom is -0.463 e. The van der Waals surface area contributed by atoms with Gasteiger partial charge in [0.1, 0.15) is 12.4 Å². The van der Waals surface area contributed by atoms with Gasteiger partial charge >= 0.3 is 0 Å². The first-order chi connectivity index (χ1) is 15.5. The Morgan fingerprint density at radius 2 is 2.06 bits per heavy atom. The van der Waals surface area contributed by atoms with Gasteiger partial charge in [0, 0.05) is 23.2 Å². The van der Waals surface area contributed by atoms with Crippen LogP contribution in [0, 0.1) is 29.9 Å². The van der Waals surface area contributed by atoms with Crippen LogP contribution in [0.4, 0.5) is 18.9 Å². The number of ether oxygens (including phenoxy) is 1. The molecule has 0 fully saturated rings. The molecule has 7 nitrogen and oxygen atoms in total. The van der Waals surface area contributed by atoms with Gasteiger partial charge in [-0.05, 0) is 19.9 Å². The van der Waals surface area contributed by atoms with Crippen LogP contribution in [0.3, 0.4) is 0 Å². The SMILES string of the molecule is C#CCOc1cnc(C(=O)Nc2cc(F)c(F)c([C@@]3(C)N=C(N)S[C@](C)(CF)[C@H]3C)c2)cn1. The molecule has 0 radical (unpaired) electrons. The van der Waals surface area contributed by atoms with Crippen molar-refractivity contribution in [2.45, 2.75) is 31.1 Å². The molecular weight excluding hydrogens is 455 g/mol. The summed E-state index contributed by atoms with van der Waals surface area (Å²) < 4.78 is 47.4. The van der Waals surface area contributed by atoms with Gasteiger partial charge in [0.15, 0.2) is 23.4 Å². The quantitative estimate of drug-likeness (QED) is 0.616. The summed E-state index contributed by atoms with van der Waals surface area (Å²) in [7, 11) is 0. The number of nitrogens with one attached hydrogen (secondary N) is 1. The van der Waals surface area contributed by atoms with E-state index in [1.165, 1.54) is 12.3 Å². The molecule has 1 aliphatic rings. The first kappa shape index (κ1) is 24.4. The predicted molar refractivity (Wildman–Crippen MR) is 121 cm³/mol. The van der Waals surface area contributed by atoms with E-state index >= 15 is 0 Å². The molecule has 3 N–H and O–H groups in total. The van der Waals surface area contributed by atoms with Crippen LogP contribution in [0.25, 0.3) is 0 Å². The number of aliphatic imine (C=N–C) groups is 1. The van der Waals surface area contributed by atoms with Crippen LogP contribution in [0.15, 0.2) is 29.5 Å². The van der Waals surface area contributed by atoms with E-state index in [4.69, 9.17) is 16.9 Å². The molecule has 0 saturated heterocycles. The predicted octanol–water partition coefficient (Wildman–Crippen LogP) is 3.66. The van der Waals surface area contributed by atoms with Crippen molar-refractivity contribution >= 4 is 28.5 Å². The lowest BCUT2D eigenvalue weighted by molar-refractivity contribution is 0.102. The number of aromatic nitrogens is 2. The van der Waals surface area contributed by atoms with Crippen molar-refractivity contribution in [3.8, 4) is 18.2 Å². The number of alkyl halides is 1. The second kappa shape index (κ2) is 9.31. The molecule has 1 aliphatic heterocycles. The van der Waals surface area contributed by atoms with Crippen LogP contribution in [-0.2, 0) is 5.54 Å². The number of halogens is 3. The highest BCUT2D eigenvalue weighted by Crippen LogP contribution is 2.50. The Kier molecular flexibility index (Phi) is 6.88. The molecule has 0 aliphatic carbocycles. The van der Waals surface area contributed by atoms with Gasteiger partial charge in [-0.15, -0.1) is 6.42 Å². The van der Waals surface area contributed by atoms with E-state index in [2.05, 4.69) is 26.2 Å². The van der Waals surface area contributed by atoms with Crippen molar-refractivity contribution in [1.82, 2.24) is 9.97 Å². The zero-order valence-corrected chi connectivity index (χ0v) is 19.0. The van der Waals surface area contributed by atoms with E-state index in [-0.39, 0.29) is 34.6 Å². The average Bonchev–Trinajstić information content (AvgIpc) is 2.78. The third-order valence-electron chi connectivity index (χ3n) is 5.70. The van der Waals surface area contributed by atoms with E-state index in [9.17, 15) is 18.0 Å². The van der Waals surface area contributed by atoms with Crippen molar-refractivity contribution in [3.63, 3.8) is 0 Å². The fraction of sp³-hybridized carbons (Fsp3) is 0.364. The molecule has 3 rings (SSSR count). The van der Waals surface area contributed by atoms with Gasteiger partial charge in [-0.2, -0.15) is 0 Å². The summed E-state index contributed by atoms with van der Waals surface area (Å²) in [5, 5.41) is 2.53. The maximum Gasteiger partial charge on any atom is 0.275 e. The van der Waals surface area contributed by atoms with Crippen LogP contribution in [-0.4, -0.2) is 39.1 Å². The van der Waals surface area contributed by atoms with Gasteiger partial charge in [0.25, 0.3) is 5.91 Å². The minimum absolute atomic E-state index is 0.0119. The summed E-state index contributed by atoms with van der Waals surface area (Å²) >= 11 is 1.05. The number of amides is 1. The largest absolute Gasteiger partial charge is 0.463 e. The van der Waals surface area contributed by atoms with Crippen LogP contribution in [0.5, 0.6) is 5.88 Å². The van der Waals surface area contributed by atoms with E-state index in [1.807, 2.05) is 0 Å². The summed E-state index contributed by atoms with van der Waals surface area (Å²) in [5.74, 6) is -1.22. The zero-order chi connectivity index (χ0) is 24.4. The molecule has 2 heterocycles. The molecule has 0 spiro atoms. The number of benzene rings is 1. The summed E-state index contributed by atoms with van der Waals surface area (Å²) in [6, 6.07) is 2.09. The Hall–Kier alpha value is -3.26. The molecule has 1 aromatic carbocycles. The van der Waals surface area contributed by atoms with Crippen molar-refractivity contribution in [2.24, 2.45) is 16.6 Å². The Morgan fingerprint density at radius 3 is 2.67 bits per heavy atom. The molecule has 0 unspecified atom stereocenters. The van der Waals surface area contributed by atoms with E-state index < -0.39 is 40.4 Å². The molecule has 33 heavy (non-hydrogen) atoms. The molecule has 174 valence electrons. The van der Waals surface area contributed by atoms with Gasteiger partial charge in [-0.25, -0.2) is 23.1 Å². The summed E-state index contributed by atoms with van der Waals surface area (Å²) in [6.07, 6.45) is 7.46. The topological polar surface area (TPSA) is 102 Å². The van der Waals surface area contributed by atoms with Gasteiger partial charge < -0.3 is 15.8 Å². The first-order valence-corrected chi connectivity index (χ1v) is 10.6. The van der Waals surface area contributed by atoms with Crippen molar-refractivity contribution in [2.75, 3.05) is 18.6 Å². The zero-order valence-electron chi connectivity index (χ0n) is 18.2. The average molecular weight is 478 g/mol. The second-order valence-corrected chi connectivity index (χ2v) is 9.43. The number of carbonyl (C=O) groups is 1. The number of nitrogens with two attached hydrogens (primary N) is 1. The van der Waals surface area contributed by atoms with Gasteiger partial charge in [0.05, 0.1) is 22.7 Å². The molecule has 1 amide bonds. The van der Waals surface area contributed by atoms with E-state index in [0.717, 1.165) is 24.0 Å². The summed E-state index contributed by atoms with van der Waals surface area (Å²) in [6.45, 7) is 4.15. The van der Waals surface area contributed by atoms with Gasteiger partial charge in [-0.3, -0.25) is 9.79 Å². The molecule has 3 atom stereocenters. The standard InChI is InChI=1S/C22H22F3N5O2S/c1-5-6-32-17-10-27-16(9-28-17)19(31)29-13-7-14(18(25)15(24)8-13)22(4)12(2)21(3,11-23)33-20(26)30-22/h1,7-10,12H,6,11H2,2-4H3,(H2,26,30)(H,29,31)/t12-,21-,22+/m1/s1. The molecule has 0 saturated carbocycles. The van der Waals surface area contributed by atoms with Crippen LogP contribution >= 0.6 is 11.8 Å². The number of hydrogen-bond acceptors (Lipinski definition) is 7. The molecule has 11 heteroatoms. The van der Waals surface area contributed by atoms with E-state index in [1.54, 1.807) is 20.8 Å². The molecule has 1 aromatic heterocycles. The Labute approximate surface area is 193 Å². The monoisotopic (exact) mass is 477 g/mol. The fourth-order valence-corrected chi connectivity index (χ4v) is 4.73. The van der Waals surface area contributed by atoms with Crippen molar-refractivity contribution < 1.29 is 22.7 Å². The van der Waals surface area contributed by atoms with E-state index in [0.29, 0.717) is 0 Å². The molecule has 2 aromatic rings. The summed E-state index contributed by atoms with van der Waals surface area (Å²) in [5.41, 5.74) is 4.25. The number of amidine groups is 1. The number of thioether (sulfide) groups is 1. The fourth-order valence-electron chi connectivity index (χ4n) is 3.56. The second-order valence-electron chi connectivity index (χ2n) is 7.87. The third kappa shape index (κ3) is 4.75. The van der Waals surface area contributed by atoms with Gasteiger partial charge in [-0.1, -0.05) is 24.6 Å². The van der Waals surface area contributed by atoms with Crippen molar-refractivity contribution in [1.29, 1.82) is 0 Å². The normalized spacial score (nSPS) is 24.5. The third-order valence-corrected chi connectivity index (χ3v) is 6.93. The lowest BCUT2D eigenvalue weighted by Gasteiger charge is -2.46. The number of carbonyl (C=O) groups excluding carboxylic acids is 1. The lowest BCUT2D eigenvalue weighted by Crippen LogP contribution is -2.49. The highest BCUT2D eigenvalue weighted by atomic mass is 32.2. The number of nitrogens with zero attached hydrogens (tertiary/aromatic N) is 3. The highest BCUT2D eigenvalue weighted by Gasteiger charge is 2.50. The molecule has 0 bridgehead atoms. The minimum atomic E-state index is -1.38. The number of anilines is 1. The maximum absolute atomic E-state index is 14.9. The smallest absolute Gasteiger partial charge is 0.275 e. The van der Waals surface area contributed by atoms with Gasteiger partial charge in [0.2, 0.25) is 5.88 Å². The first-order valence-electron chi connectivity index (χ1n) is 9.83. The number of rotatable bonds is 6.